The lowest BCUT2D eigenvalue weighted by Crippen LogP contribution is -2.48. The summed E-state index contributed by atoms with van der Waals surface area (Å²) < 4.78 is 24.9. The molecule has 0 unspecified atom stereocenters. The van der Waals surface area contributed by atoms with E-state index in [9.17, 15) is 13.2 Å². The molecule has 1 saturated carbocycles. The van der Waals surface area contributed by atoms with E-state index in [0.717, 1.165) is 23.2 Å². The fourth-order valence-corrected chi connectivity index (χ4v) is 4.80. The number of benzene rings is 1. The standard InChI is InChI=1S/C18H26BrNO3S/c1-18(2,24(22,23)16-11-9-15(19)10-12-16)17(21)20-13-5-8-14-6-3-4-7-14/h9-12,14H,3-8,13H2,1-2H3,(H,20,21). The number of halogens is 1. The first-order valence-electron chi connectivity index (χ1n) is 8.53. The summed E-state index contributed by atoms with van der Waals surface area (Å²) in [5, 5.41) is 2.81. The highest BCUT2D eigenvalue weighted by Crippen LogP contribution is 2.29. The van der Waals surface area contributed by atoms with Gasteiger partial charge in [-0.3, -0.25) is 4.79 Å². The third-order valence-corrected chi connectivity index (χ3v) is 7.84. The second-order valence-corrected chi connectivity index (χ2v) is 10.4. The molecule has 0 aromatic heterocycles. The molecule has 1 fully saturated rings. The summed E-state index contributed by atoms with van der Waals surface area (Å²) in [6, 6.07) is 6.38. The van der Waals surface area contributed by atoms with Crippen molar-refractivity contribution in [2.24, 2.45) is 5.92 Å². The summed E-state index contributed by atoms with van der Waals surface area (Å²) in [5.41, 5.74) is 0. The SMILES string of the molecule is CC(C)(C(=O)NCCCC1CCCC1)S(=O)(=O)c1ccc(Br)cc1. The zero-order valence-corrected chi connectivity index (χ0v) is 16.7. The van der Waals surface area contributed by atoms with Crippen molar-refractivity contribution in [2.45, 2.75) is 62.0 Å². The van der Waals surface area contributed by atoms with Gasteiger partial charge in [-0.25, -0.2) is 8.42 Å². The van der Waals surface area contributed by atoms with Gasteiger partial charge in [0.25, 0.3) is 0 Å². The molecule has 1 aromatic carbocycles. The molecular weight excluding hydrogens is 390 g/mol. The number of hydrogen-bond donors (Lipinski definition) is 1. The third kappa shape index (κ3) is 4.39. The van der Waals surface area contributed by atoms with Gasteiger partial charge in [0.1, 0.15) is 4.75 Å². The lowest BCUT2D eigenvalue weighted by molar-refractivity contribution is -0.122. The molecule has 0 atom stereocenters. The number of carbonyl (C=O) groups is 1. The van der Waals surface area contributed by atoms with Gasteiger partial charge in [0.15, 0.2) is 9.84 Å². The molecule has 6 heteroatoms. The van der Waals surface area contributed by atoms with E-state index < -0.39 is 20.5 Å². The smallest absolute Gasteiger partial charge is 0.241 e. The van der Waals surface area contributed by atoms with Crippen LogP contribution in [0, 0.1) is 5.92 Å². The number of nitrogens with one attached hydrogen (secondary N) is 1. The second kappa shape index (κ2) is 8.00. The Hall–Kier alpha value is -0.880. The summed E-state index contributed by atoms with van der Waals surface area (Å²) in [5.74, 6) is 0.346. The van der Waals surface area contributed by atoms with E-state index in [4.69, 9.17) is 0 Å². The fourth-order valence-electron chi connectivity index (χ4n) is 3.13. The van der Waals surface area contributed by atoms with Crippen LogP contribution >= 0.6 is 15.9 Å². The highest BCUT2D eigenvalue weighted by atomic mass is 79.9. The van der Waals surface area contributed by atoms with Crippen LogP contribution in [0.2, 0.25) is 0 Å². The molecular formula is C18H26BrNO3S. The summed E-state index contributed by atoms with van der Waals surface area (Å²) in [4.78, 5) is 12.6. The molecule has 0 aliphatic heterocycles. The van der Waals surface area contributed by atoms with Gasteiger partial charge in [0, 0.05) is 11.0 Å². The molecule has 1 aromatic rings. The highest BCUT2D eigenvalue weighted by molar-refractivity contribution is 9.10. The van der Waals surface area contributed by atoms with Crippen LogP contribution in [0.4, 0.5) is 0 Å². The Labute approximate surface area is 153 Å². The zero-order valence-electron chi connectivity index (χ0n) is 14.3. The lowest BCUT2D eigenvalue weighted by atomic mass is 10.0. The number of sulfone groups is 1. The van der Waals surface area contributed by atoms with Gasteiger partial charge in [-0.1, -0.05) is 41.6 Å². The minimum absolute atomic E-state index is 0.164. The van der Waals surface area contributed by atoms with Crippen molar-refractivity contribution in [1.29, 1.82) is 0 Å². The molecule has 0 radical (unpaired) electrons. The van der Waals surface area contributed by atoms with Crippen LogP contribution < -0.4 is 5.32 Å². The normalized spacial score (nSPS) is 16.3. The first-order valence-corrected chi connectivity index (χ1v) is 10.8. The predicted octanol–water partition coefficient (Wildman–Crippen LogP) is 4.09. The Morgan fingerprint density at radius 3 is 2.38 bits per heavy atom. The molecule has 24 heavy (non-hydrogen) atoms. The van der Waals surface area contributed by atoms with Crippen LogP contribution in [0.5, 0.6) is 0 Å². The van der Waals surface area contributed by atoms with Gasteiger partial charge >= 0.3 is 0 Å². The van der Waals surface area contributed by atoms with Crippen molar-refractivity contribution in [2.75, 3.05) is 6.54 Å². The summed E-state index contributed by atoms with van der Waals surface area (Å²) in [6.45, 7) is 3.47. The lowest BCUT2D eigenvalue weighted by Gasteiger charge is -2.24. The van der Waals surface area contributed by atoms with Crippen LogP contribution in [0.1, 0.15) is 52.4 Å². The molecule has 1 aliphatic rings. The van der Waals surface area contributed by atoms with Crippen LogP contribution in [0.15, 0.2) is 33.6 Å². The average Bonchev–Trinajstić information content (AvgIpc) is 3.05. The van der Waals surface area contributed by atoms with Crippen molar-refractivity contribution in [3.63, 3.8) is 0 Å². The van der Waals surface area contributed by atoms with Crippen molar-refractivity contribution >= 4 is 31.7 Å². The van der Waals surface area contributed by atoms with E-state index in [1.165, 1.54) is 51.7 Å². The Balaban J connectivity index is 1.94. The van der Waals surface area contributed by atoms with E-state index in [1.54, 1.807) is 12.1 Å². The van der Waals surface area contributed by atoms with Gasteiger partial charge in [-0.05, 0) is 56.9 Å². The third-order valence-electron chi connectivity index (χ3n) is 4.89. The molecule has 1 aliphatic carbocycles. The van der Waals surface area contributed by atoms with E-state index in [-0.39, 0.29) is 4.90 Å². The topological polar surface area (TPSA) is 63.2 Å². The highest BCUT2D eigenvalue weighted by Gasteiger charge is 2.42. The molecule has 2 rings (SSSR count). The molecule has 0 bridgehead atoms. The van der Waals surface area contributed by atoms with Crippen molar-refractivity contribution < 1.29 is 13.2 Å². The number of carbonyl (C=O) groups excluding carboxylic acids is 1. The van der Waals surface area contributed by atoms with Gasteiger partial charge in [-0.2, -0.15) is 0 Å². The first-order chi connectivity index (χ1) is 11.2. The molecule has 1 amide bonds. The minimum atomic E-state index is -3.74. The van der Waals surface area contributed by atoms with Gasteiger partial charge in [0.2, 0.25) is 5.91 Å². The molecule has 0 saturated heterocycles. The van der Waals surface area contributed by atoms with Crippen LogP contribution in [-0.2, 0) is 14.6 Å². The number of rotatable bonds is 7. The molecule has 0 spiro atoms. The summed E-state index contributed by atoms with van der Waals surface area (Å²) in [7, 11) is -3.74. The average molecular weight is 416 g/mol. The second-order valence-electron chi connectivity index (χ2n) is 7.02. The van der Waals surface area contributed by atoms with E-state index in [1.807, 2.05) is 0 Å². The van der Waals surface area contributed by atoms with Crippen molar-refractivity contribution in [3.05, 3.63) is 28.7 Å². The van der Waals surface area contributed by atoms with Crippen LogP contribution in [-0.4, -0.2) is 25.6 Å². The van der Waals surface area contributed by atoms with E-state index in [2.05, 4.69) is 21.2 Å². The quantitative estimate of drug-likeness (QED) is 0.681. The number of amides is 1. The van der Waals surface area contributed by atoms with Crippen LogP contribution in [0.25, 0.3) is 0 Å². The zero-order chi connectivity index (χ0) is 17.8. The molecule has 134 valence electrons. The van der Waals surface area contributed by atoms with Gasteiger partial charge < -0.3 is 5.32 Å². The molecule has 1 N–H and O–H groups in total. The van der Waals surface area contributed by atoms with Gasteiger partial charge in [0.05, 0.1) is 4.90 Å². The summed E-state index contributed by atoms with van der Waals surface area (Å²) in [6.07, 6.45) is 7.23. The largest absolute Gasteiger partial charge is 0.355 e. The van der Waals surface area contributed by atoms with Crippen molar-refractivity contribution in [3.8, 4) is 0 Å². The Morgan fingerprint density at radius 2 is 1.79 bits per heavy atom. The maximum atomic E-state index is 12.8. The van der Waals surface area contributed by atoms with Crippen LogP contribution in [0.3, 0.4) is 0 Å². The minimum Gasteiger partial charge on any atom is -0.355 e. The van der Waals surface area contributed by atoms with E-state index >= 15 is 0 Å². The molecule has 0 heterocycles. The monoisotopic (exact) mass is 415 g/mol. The van der Waals surface area contributed by atoms with Crippen molar-refractivity contribution in [1.82, 2.24) is 5.32 Å². The number of hydrogen-bond acceptors (Lipinski definition) is 3. The van der Waals surface area contributed by atoms with Gasteiger partial charge in [-0.15, -0.1) is 0 Å². The first kappa shape index (κ1) is 19.4. The maximum absolute atomic E-state index is 12.8. The molecule has 4 nitrogen and oxygen atoms in total. The Bertz CT molecular complexity index is 662. The Morgan fingerprint density at radius 1 is 1.21 bits per heavy atom. The predicted molar refractivity (Wildman–Crippen MR) is 99.6 cm³/mol. The van der Waals surface area contributed by atoms with E-state index in [0.29, 0.717) is 6.54 Å². The maximum Gasteiger partial charge on any atom is 0.241 e. The Kier molecular flexibility index (Phi) is 6.48. The fraction of sp³-hybridized carbons (Fsp3) is 0.611. The summed E-state index contributed by atoms with van der Waals surface area (Å²) >= 11 is 3.29.